The molecule has 6 heteroatoms. The predicted molar refractivity (Wildman–Crippen MR) is 77.9 cm³/mol. The first-order chi connectivity index (χ1) is 8.31. The van der Waals surface area contributed by atoms with Gasteiger partial charge in [-0.25, -0.2) is 4.98 Å². The van der Waals surface area contributed by atoms with E-state index in [1.165, 1.54) is 12.2 Å². The molecule has 92 valence electrons. The second kappa shape index (κ2) is 6.07. The van der Waals surface area contributed by atoms with Crippen LogP contribution in [-0.4, -0.2) is 28.5 Å². The molecule has 0 saturated carbocycles. The van der Waals surface area contributed by atoms with Gasteiger partial charge in [0, 0.05) is 6.54 Å². The highest BCUT2D eigenvalue weighted by Crippen LogP contribution is 2.25. The van der Waals surface area contributed by atoms with Gasteiger partial charge in [0.1, 0.15) is 10.6 Å². The van der Waals surface area contributed by atoms with Gasteiger partial charge in [-0.2, -0.15) is 16.7 Å². The Labute approximate surface area is 109 Å². The summed E-state index contributed by atoms with van der Waals surface area (Å²) in [6.07, 6.45) is 4.51. The number of unbranched alkanes of at least 4 members (excludes halogenated alkanes) is 1. The van der Waals surface area contributed by atoms with Crippen LogP contribution < -0.4 is 11.1 Å². The lowest BCUT2D eigenvalue weighted by Gasteiger charge is -2.06. The van der Waals surface area contributed by atoms with Gasteiger partial charge >= 0.3 is 0 Å². The molecule has 0 amide bonds. The summed E-state index contributed by atoms with van der Waals surface area (Å²) in [5, 5.41) is 6.42. The highest BCUT2D eigenvalue weighted by Gasteiger charge is 2.06. The fourth-order valence-corrected chi connectivity index (χ4v) is 2.85. The number of aromatic nitrogens is 2. The van der Waals surface area contributed by atoms with Gasteiger partial charge in [0.2, 0.25) is 5.95 Å². The Morgan fingerprint density at radius 3 is 3.12 bits per heavy atom. The molecule has 0 aromatic carbocycles. The number of nitrogens with two attached hydrogens (primary N) is 1. The molecule has 0 aliphatic heterocycles. The number of rotatable bonds is 6. The molecule has 0 aliphatic rings. The summed E-state index contributed by atoms with van der Waals surface area (Å²) >= 11 is 3.47. The zero-order valence-corrected chi connectivity index (χ0v) is 11.4. The fourth-order valence-electron chi connectivity index (χ4n) is 1.58. The summed E-state index contributed by atoms with van der Waals surface area (Å²) in [5.41, 5.74) is 5.68. The number of thiophene rings is 1. The van der Waals surface area contributed by atoms with E-state index in [4.69, 9.17) is 5.73 Å². The molecule has 17 heavy (non-hydrogen) atoms. The van der Waals surface area contributed by atoms with Crippen molar-refractivity contribution in [2.24, 2.45) is 0 Å². The second-order valence-electron chi connectivity index (χ2n) is 3.70. The molecule has 0 spiro atoms. The van der Waals surface area contributed by atoms with Crippen molar-refractivity contribution < 1.29 is 0 Å². The van der Waals surface area contributed by atoms with Crippen LogP contribution in [0.25, 0.3) is 10.2 Å². The Morgan fingerprint density at radius 2 is 2.29 bits per heavy atom. The van der Waals surface area contributed by atoms with Crippen molar-refractivity contribution in [2.45, 2.75) is 12.8 Å². The topological polar surface area (TPSA) is 63.8 Å². The number of nitrogens with zero attached hydrogens (tertiary/aromatic N) is 2. The quantitative estimate of drug-likeness (QED) is 0.789. The van der Waals surface area contributed by atoms with Crippen molar-refractivity contribution in [1.82, 2.24) is 9.97 Å². The van der Waals surface area contributed by atoms with Gasteiger partial charge in [0.25, 0.3) is 0 Å². The first kappa shape index (κ1) is 12.4. The molecule has 0 radical (unpaired) electrons. The smallest absolute Gasteiger partial charge is 0.223 e. The van der Waals surface area contributed by atoms with Gasteiger partial charge in [0.15, 0.2) is 0 Å². The number of hydrogen-bond acceptors (Lipinski definition) is 6. The molecule has 0 aliphatic carbocycles. The van der Waals surface area contributed by atoms with Crippen LogP contribution in [-0.2, 0) is 0 Å². The van der Waals surface area contributed by atoms with Crippen molar-refractivity contribution in [3.05, 3.63) is 11.4 Å². The van der Waals surface area contributed by atoms with Gasteiger partial charge in [-0.3, -0.25) is 0 Å². The van der Waals surface area contributed by atoms with Gasteiger partial charge in [0.05, 0.1) is 5.39 Å². The molecule has 4 nitrogen and oxygen atoms in total. The standard InChI is InChI=1S/C11H16N4S2/c1-16-6-3-2-5-13-9-8-4-7-17-10(8)15-11(12)14-9/h4,7H,2-3,5-6H2,1H3,(H3,12,13,14,15). The van der Waals surface area contributed by atoms with Crippen LogP contribution in [0.4, 0.5) is 11.8 Å². The van der Waals surface area contributed by atoms with E-state index < -0.39 is 0 Å². The molecule has 0 saturated heterocycles. The maximum Gasteiger partial charge on any atom is 0.223 e. The summed E-state index contributed by atoms with van der Waals surface area (Å²) in [6.45, 7) is 0.932. The summed E-state index contributed by atoms with van der Waals surface area (Å²) in [5.74, 6) is 2.41. The number of nitrogens with one attached hydrogen (secondary N) is 1. The number of nitrogen functional groups attached to an aromatic ring is 1. The summed E-state index contributed by atoms with van der Waals surface area (Å²) in [6, 6.07) is 2.03. The van der Waals surface area contributed by atoms with Crippen molar-refractivity contribution in [3.8, 4) is 0 Å². The normalized spacial score (nSPS) is 10.9. The monoisotopic (exact) mass is 268 g/mol. The van der Waals surface area contributed by atoms with Crippen molar-refractivity contribution in [2.75, 3.05) is 29.6 Å². The number of anilines is 2. The van der Waals surface area contributed by atoms with E-state index >= 15 is 0 Å². The van der Waals surface area contributed by atoms with Gasteiger partial charge in [-0.15, -0.1) is 11.3 Å². The Bertz CT molecular complexity index is 483. The summed E-state index contributed by atoms with van der Waals surface area (Å²) in [7, 11) is 0. The minimum atomic E-state index is 0.339. The molecular weight excluding hydrogens is 252 g/mol. The Hall–Kier alpha value is -1.01. The minimum absolute atomic E-state index is 0.339. The molecule has 0 bridgehead atoms. The average Bonchev–Trinajstić information content (AvgIpc) is 2.76. The molecule has 2 heterocycles. The average molecular weight is 268 g/mol. The van der Waals surface area contributed by atoms with E-state index in [9.17, 15) is 0 Å². The third-order valence-electron chi connectivity index (χ3n) is 2.41. The SMILES string of the molecule is CSCCCCNc1nc(N)nc2sccc12. The number of thioether (sulfide) groups is 1. The van der Waals surface area contributed by atoms with Crippen LogP contribution >= 0.6 is 23.1 Å². The predicted octanol–water partition coefficient (Wildman–Crippen LogP) is 2.83. The van der Waals surface area contributed by atoms with E-state index in [1.54, 1.807) is 11.3 Å². The zero-order valence-electron chi connectivity index (χ0n) is 9.77. The maximum atomic E-state index is 5.68. The molecule has 0 unspecified atom stereocenters. The summed E-state index contributed by atoms with van der Waals surface area (Å²) in [4.78, 5) is 9.39. The third-order valence-corrected chi connectivity index (χ3v) is 3.91. The van der Waals surface area contributed by atoms with Crippen molar-refractivity contribution >= 4 is 45.1 Å². The molecule has 3 N–H and O–H groups in total. The Kier molecular flexibility index (Phi) is 4.44. The van der Waals surface area contributed by atoms with Crippen LogP contribution in [0.1, 0.15) is 12.8 Å². The van der Waals surface area contributed by atoms with Crippen LogP contribution in [0.2, 0.25) is 0 Å². The lowest BCUT2D eigenvalue weighted by molar-refractivity contribution is 0.841. The van der Waals surface area contributed by atoms with Gasteiger partial charge < -0.3 is 11.1 Å². The van der Waals surface area contributed by atoms with Crippen LogP contribution in [0.15, 0.2) is 11.4 Å². The highest BCUT2D eigenvalue weighted by atomic mass is 32.2. The van der Waals surface area contributed by atoms with E-state index in [-0.39, 0.29) is 0 Å². The number of fused-ring (bicyclic) bond motifs is 1. The van der Waals surface area contributed by atoms with Crippen molar-refractivity contribution in [3.63, 3.8) is 0 Å². The van der Waals surface area contributed by atoms with E-state index in [0.717, 1.165) is 29.0 Å². The van der Waals surface area contributed by atoms with Crippen LogP contribution in [0.5, 0.6) is 0 Å². The number of hydrogen-bond donors (Lipinski definition) is 2. The van der Waals surface area contributed by atoms with Crippen LogP contribution in [0.3, 0.4) is 0 Å². The maximum absolute atomic E-state index is 5.68. The first-order valence-electron chi connectivity index (χ1n) is 5.55. The second-order valence-corrected chi connectivity index (χ2v) is 5.58. The molecule has 0 atom stereocenters. The minimum Gasteiger partial charge on any atom is -0.369 e. The Morgan fingerprint density at radius 1 is 1.41 bits per heavy atom. The zero-order chi connectivity index (χ0) is 12.1. The van der Waals surface area contributed by atoms with Crippen molar-refractivity contribution in [1.29, 1.82) is 0 Å². The molecular formula is C11H16N4S2. The summed E-state index contributed by atoms with van der Waals surface area (Å²) < 4.78 is 0. The lowest BCUT2D eigenvalue weighted by atomic mass is 10.3. The van der Waals surface area contributed by atoms with Crippen LogP contribution in [0, 0.1) is 0 Å². The molecule has 0 fully saturated rings. The first-order valence-corrected chi connectivity index (χ1v) is 7.82. The largest absolute Gasteiger partial charge is 0.369 e. The Balaban J connectivity index is 2.00. The van der Waals surface area contributed by atoms with E-state index in [0.29, 0.717) is 5.95 Å². The van der Waals surface area contributed by atoms with Gasteiger partial charge in [-0.1, -0.05) is 0 Å². The van der Waals surface area contributed by atoms with E-state index in [2.05, 4.69) is 21.5 Å². The highest BCUT2D eigenvalue weighted by molar-refractivity contribution is 7.98. The fraction of sp³-hybridized carbons (Fsp3) is 0.455. The lowest BCUT2D eigenvalue weighted by Crippen LogP contribution is -2.06. The molecule has 2 aromatic rings. The third kappa shape index (κ3) is 3.23. The van der Waals surface area contributed by atoms with E-state index in [1.807, 2.05) is 23.2 Å². The molecule has 2 aromatic heterocycles. The molecule has 2 rings (SSSR count). The van der Waals surface area contributed by atoms with Gasteiger partial charge in [-0.05, 0) is 36.3 Å².